The highest BCUT2D eigenvalue weighted by Gasteiger charge is 2.05. The van der Waals surface area contributed by atoms with Crippen LogP contribution in [0.15, 0.2) is 54.6 Å². The number of carboxylic acids is 2. The minimum absolute atomic E-state index is 0.381. The van der Waals surface area contributed by atoms with Crippen LogP contribution in [-0.2, 0) is 16.1 Å². The van der Waals surface area contributed by atoms with Crippen molar-refractivity contribution >= 4 is 11.9 Å². The lowest BCUT2D eigenvalue weighted by Crippen LogP contribution is -2.17. The highest BCUT2D eigenvalue weighted by Crippen LogP contribution is 2.16. The minimum Gasteiger partial charge on any atom is -0.473 e. The maximum absolute atomic E-state index is 9.10. The Morgan fingerprint density at radius 2 is 1.36 bits per heavy atom. The molecule has 25 heavy (non-hydrogen) atoms. The number of hydrogen-bond acceptors (Lipinski definition) is 3. The van der Waals surface area contributed by atoms with E-state index in [1.54, 1.807) is 0 Å². The van der Waals surface area contributed by atoms with Crippen molar-refractivity contribution in [1.29, 1.82) is 0 Å². The summed E-state index contributed by atoms with van der Waals surface area (Å²) in [7, 11) is 0. The van der Waals surface area contributed by atoms with Gasteiger partial charge in [0.05, 0.1) is 0 Å². The van der Waals surface area contributed by atoms with Crippen molar-refractivity contribution in [3.05, 3.63) is 71.3 Å². The summed E-state index contributed by atoms with van der Waals surface area (Å²) in [5, 5.41) is 18.3. The van der Waals surface area contributed by atoms with Crippen molar-refractivity contribution in [3.8, 4) is 0 Å². The van der Waals surface area contributed by atoms with Crippen LogP contribution in [0.1, 0.15) is 49.4 Å². The molecule has 0 saturated carbocycles. The lowest BCUT2D eigenvalue weighted by molar-refractivity contribution is -0.159. The highest BCUT2D eigenvalue weighted by molar-refractivity contribution is 6.27. The standard InChI is InChI=1S/C18H23N.C2H2O4/c1-14(2)17-11-9-16(10-12-17)13-19-15(3)18-7-5-4-6-8-18;3-1(4)2(5)6/h4-12,14-15,19H,13H2,1-3H3;(H,3,4)(H,5,6). The van der Waals surface area contributed by atoms with E-state index in [-0.39, 0.29) is 0 Å². The van der Waals surface area contributed by atoms with Crippen LogP contribution in [0.3, 0.4) is 0 Å². The molecule has 134 valence electrons. The molecule has 5 heteroatoms. The third-order valence-electron chi connectivity index (χ3n) is 3.74. The van der Waals surface area contributed by atoms with E-state index in [1.165, 1.54) is 16.7 Å². The van der Waals surface area contributed by atoms with E-state index in [4.69, 9.17) is 19.8 Å². The van der Waals surface area contributed by atoms with E-state index >= 15 is 0 Å². The van der Waals surface area contributed by atoms with Crippen LogP contribution in [0.5, 0.6) is 0 Å². The second-order valence-electron chi connectivity index (χ2n) is 6.02. The number of rotatable bonds is 5. The molecule has 0 radical (unpaired) electrons. The molecule has 1 atom stereocenters. The fourth-order valence-corrected chi connectivity index (χ4v) is 2.15. The number of carboxylic acid groups (broad SMARTS) is 2. The molecule has 3 N–H and O–H groups in total. The molecule has 0 fully saturated rings. The Morgan fingerprint density at radius 1 is 0.840 bits per heavy atom. The van der Waals surface area contributed by atoms with E-state index in [1.807, 2.05) is 0 Å². The number of carbonyl (C=O) groups is 2. The van der Waals surface area contributed by atoms with Gasteiger partial charge < -0.3 is 15.5 Å². The Labute approximate surface area is 148 Å². The zero-order valence-electron chi connectivity index (χ0n) is 14.8. The van der Waals surface area contributed by atoms with Crippen LogP contribution in [0.25, 0.3) is 0 Å². The Balaban J connectivity index is 0.000000450. The van der Waals surface area contributed by atoms with E-state index in [0.717, 1.165) is 6.54 Å². The number of hydrogen-bond donors (Lipinski definition) is 3. The molecule has 2 aromatic carbocycles. The molecule has 0 aromatic heterocycles. The Morgan fingerprint density at radius 3 is 1.80 bits per heavy atom. The molecule has 0 aliphatic heterocycles. The normalized spacial score (nSPS) is 11.4. The zero-order chi connectivity index (χ0) is 18.8. The molecule has 5 nitrogen and oxygen atoms in total. The van der Waals surface area contributed by atoms with Gasteiger partial charge in [-0.15, -0.1) is 0 Å². The molecule has 0 aliphatic rings. The van der Waals surface area contributed by atoms with Gasteiger partial charge in [0.15, 0.2) is 0 Å². The van der Waals surface area contributed by atoms with Crippen molar-refractivity contribution in [1.82, 2.24) is 5.32 Å². The van der Waals surface area contributed by atoms with Crippen LogP contribution in [0, 0.1) is 0 Å². The van der Waals surface area contributed by atoms with Crippen molar-refractivity contribution in [2.45, 2.75) is 39.3 Å². The van der Waals surface area contributed by atoms with Crippen LogP contribution >= 0.6 is 0 Å². The monoisotopic (exact) mass is 343 g/mol. The summed E-state index contributed by atoms with van der Waals surface area (Å²) in [5.41, 5.74) is 4.08. The van der Waals surface area contributed by atoms with Gasteiger partial charge in [-0.1, -0.05) is 68.4 Å². The van der Waals surface area contributed by atoms with Gasteiger partial charge in [0.25, 0.3) is 0 Å². The van der Waals surface area contributed by atoms with Gasteiger partial charge in [-0.3, -0.25) is 0 Å². The van der Waals surface area contributed by atoms with Crippen molar-refractivity contribution in [2.75, 3.05) is 0 Å². The molecule has 2 aromatic rings. The topological polar surface area (TPSA) is 86.6 Å². The summed E-state index contributed by atoms with van der Waals surface area (Å²) < 4.78 is 0. The summed E-state index contributed by atoms with van der Waals surface area (Å²) in [4.78, 5) is 18.2. The summed E-state index contributed by atoms with van der Waals surface area (Å²) in [6.07, 6.45) is 0. The second-order valence-corrected chi connectivity index (χ2v) is 6.02. The van der Waals surface area contributed by atoms with Gasteiger partial charge in [-0.05, 0) is 29.5 Å². The van der Waals surface area contributed by atoms with Gasteiger partial charge in [0.2, 0.25) is 0 Å². The van der Waals surface area contributed by atoms with Crippen molar-refractivity contribution in [3.63, 3.8) is 0 Å². The average Bonchev–Trinajstić information content (AvgIpc) is 2.61. The smallest absolute Gasteiger partial charge is 0.414 e. The van der Waals surface area contributed by atoms with Crippen LogP contribution in [0.2, 0.25) is 0 Å². The lowest BCUT2D eigenvalue weighted by Gasteiger charge is -2.14. The molecule has 0 amide bonds. The van der Waals surface area contributed by atoms with Crippen molar-refractivity contribution in [2.24, 2.45) is 0 Å². The van der Waals surface area contributed by atoms with E-state index in [0.29, 0.717) is 12.0 Å². The molecule has 0 heterocycles. The number of nitrogens with one attached hydrogen (secondary N) is 1. The SMILES string of the molecule is CC(C)c1ccc(CNC(C)c2ccccc2)cc1.O=C(O)C(=O)O. The van der Waals surface area contributed by atoms with Gasteiger partial charge in [-0.2, -0.15) is 0 Å². The third-order valence-corrected chi connectivity index (χ3v) is 3.74. The number of benzene rings is 2. The zero-order valence-corrected chi connectivity index (χ0v) is 14.8. The Hall–Kier alpha value is -2.66. The minimum atomic E-state index is -1.82. The molecule has 0 bridgehead atoms. The first kappa shape index (κ1) is 20.4. The van der Waals surface area contributed by atoms with Crippen LogP contribution < -0.4 is 5.32 Å². The summed E-state index contributed by atoms with van der Waals surface area (Å²) in [6.45, 7) is 7.57. The summed E-state index contributed by atoms with van der Waals surface area (Å²) in [6, 6.07) is 19.9. The lowest BCUT2D eigenvalue weighted by atomic mass is 10.0. The first-order chi connectivity index (χ1) is 11.8. The van der Waals surface area contributed by atoms with Crippen LogP contribution in [0.4, 0.5) is 0 Å². The maximum Gasteiger partial charge on any atom is 0.414 e. The van der Waals surface area contributed by atoms with Gasteiger partial charge in [0, 0.05) is 12.6 Å². The Bertz CT molecular complexity index is 654. The van der Waals surface area contributed by atoms with Crippen LogP contribution in [-0.4, -0.2) is 22.2 Å². The fraction of sp³-hybridized carbons (Fsp3) is 0.300. The first-order valence-electron chi connectivity index (χ1n) is 8.14. The molecule has 0 saturated heterocycles. The van der Waals surface area contributed by atoms with Gasteiger partial charge in [-0.25, -0.2) is 9.59 Å². The highest BCUT2D eigenvalue weighted by atomic mass is 16.4. The van der Waals surface area contributed by atoms with Gasteiger partial charge >= 0.3 is 11.9 Å². The predicted molar refractivity (Wildman–Crippen MR) is 97.5 cm³/mol. The predicted octanol–water partition coefficient (Wildman–Crippen LogP) is 3.82. The molecule has 2 rings (SSSR count). The number of aliphatic carboxylic acids is 2. The molecule has 0 aliphatic carbocycles. The summed E-state index contributed by atoms with van der Waals surface area (Å²) >= 11 is 0. The molecular weight excluding hydrogens is 318 g/mol. The van der Waals surface area contributed by atoms with Crippen molar-refractivity contribution < 1.29 is 19.8 Å². The second kappa shape index (κ2) is 10.3. The van der Waals surface area contributed by atoms with E-state index in [2.05, 4.69) is 80.7 Å². The largest absolute Gasteiger partial charge is 0.473 e. The Kier molecular flexibility index (Phi) is 8.36. The molecule has 0 spiro atoms. The van der Waals surface area contributed by atoms with Gasteiger partial charge in [0.1, 0.15) is 0 Å². The molecule has 1 unspecified atom stereocenters. The quantitative estimate of drug-likeness (QED) is 0.719. The van der Waals surface area contributed by atoms with E-state index < -0.39 is 11.9 Å². The van der Waals surface area contributed by atoms with E-state index in [9.17, 15) is 0 Å². The molecular formula is C20H25NO4. The third kappa shape index (κ3) is 7.63. The average molecular weight is 343 g/mol. The maximum atomic E-state index is 9.10. The first-order valence-corrected chi connectivity index (χ1v) is 8.14. The summed E-state index contributed by atoms with van der Waals surface area (Å²) in [5.74, 6) is -3.05. The fourth-order valence-electron chi connectivity index (χ4n) is 2.15.